The normalized spacial score (nSPS) is 11.9. The van der Waals surface area contributed by atoms with Gasteiger partial charge in [0.1, 0.15) is 11.5 Å². The molecule has 0 unspecified atom stereocenters. The molecule has 0 amide bonds. The van der Waals surface area contributed by atoms with Crippen molar-refractivity contribution in [2.45, 2.75) is 72.6 Å². The predicted octanol–water partition coefficient (Wildman–Crippen LogP) is 5.53. The summed E-state index contributed by atoms with van der Waals surface area (Å²) in [7, 11) is 0. The average Bonchev–Trinajstić information content (AvgIpc) is 2.67. The number of benzene rings is 1. The lowest BCUT2D eigenvalue weighted by Gasteiger charge is -2.25. The standard InChI is InChI=1S/C24H36O6/c1-7-10-12-29-21-16-22(30-13-11-8-2)18(24(4,5)6)14-17(21)19(25)15-20(26)23(27)28-9-3/h14-16,26H,7-13H2,1-6H3/b20-15-. The molecule has 1 N–H and O–H groups in total. The second-order valence-corrected chi connectivity index (χ2v) is 8.11. The summed E-state index contributed by atoms with van der Waals surface area (Å²) in [5, 5.41) is 9.91. The van der Waals surface area contributed by atoms with E-state index in [-0.39, 0.29) is 17.6 Å². The average molecular weight is 421 g/mol. The highest BCUT2D eigenvalue weighted by Crippen LogP contribution is 2.37. The minimum atomic E-state index is -0.935. The number of hydrogen-bond donors (Lipinski definition) is 1. The summed E-state index contributed by atoms with van der Waals surface area (Å²) in [5.41, 5.74) is 0.842. The molecule has 0 aliphatic rings. The Labute approximate surface area is 180 Å². The molecule has 0 spiro atoms. The fourth-order valence-corrected chi connectivity index (χ4v) is 2.70. The van der Waals surface area contributed by atoms with Gasteiger partial charge >= 0.3 is 5.97 Å². The van der Waals surface area contributed by atoms with Crippen molar-refractivity contribution in [3.63, 3.8) is 0 Å². The smallest absolute Gasteiger partial charge is 0.373 e. The van der Waals surface area contributed by atoms with E-state index in [0.717, 1.165) is 37.3 Å². The minimum absolute atomic E-state index is 0.105. The van der Waals surface area contributed by atoms with Crippen molar-refractivity contribution in [3.8, 4) is 11.5 Å². The summed E-state index contributed by atoms with van der Waals surface area (Å²) >= 11 is 0. The Balaban J connectivity index is 3.43. The van der Waals surface area contributed by atoms with Gasteiger partial charge in [0, 0.05) is 17.7 Å². The molecular formula is C24H36O6. The number of esters is 1. The second kappa shape index (κ2) is 12.3. The van der Waals surface area contributed by atoms with Gasteiger partial charge < -0.3 is 19.3 Å². The fraction of sp³-hybridized carbons (Fsp3) is 0.583. The SMILES string of the molecule is CCCCOc1cc(OCCCC)c(C(C)(C)C)cc1C(=O)/C=C(\O)C(=O)OCC. The van der Waals surface area contributed by atoms with Crippen molar-refractivity contribution in [1.82, 2.24) is 0 Å². The molecule has 0 aliphatic heterocycles. The van der Waals surface area contributed by atoms with Gasteiger partial charge in [0.05, 0.1) is 25.4 Å². The van der Waals surface area contributed by atoms with Crippen molar-refractivity contribution in [2.24, 2.45) is 0 Å². The monoisotopic (exact) mass is 420 g/mol. The zero-order chi connectivity index (χ0) is 22.7. The number of allylic oxidation sites excluding steroid dienone is 1. The number of carbonyl (C=O) groups is 2. The van der Waals surface area contributed by atoms with Crippen LogP contribution in [0.1, 0.15) is 83.1 Å². The van der Waals surface area contributed by atoms with Crippen LogP contribution in [-0.2, 0) is 14.9 Å². The highest BCUT2D eigenvalue weighted by molar-refractivity contribution is 6.09. The van der Waals surface area contributed by atoms with Crippen LogP contribution in [-0.4, -0.2) is 36.7 Å². The summed E-state index contributed by atoms with van der Waals surface area (Å²) in [6.07, 6.45) is 4.60. The third-order valence-corrected chi connectivity index (χ3v) is 4.42. The number of aliphatic hydroxyl groups excluding tert-OH is 1. The highest BCUT2D eigenvalue weighted by atomic mass is 16.5. The van der Waals surface area contributed by atoms with Crippen molar-refractivity contribution >= 4 is 11.8 Å². The maximum Gasteiger partial charge on any atom is 0.373 e. The van der Waals surface area contributed by atoms with Crippen LogP contribution in [0, 0.1) is 0 Å². The molecule has 6 heteroatoms. The number of hydrogen-bond acceptors (Lipinski definition) is 6. The van der Waals surface area contributed by atoms with Gasteiger partial charge in [-0.05, 0) is 31.2 Å². The molecule has 0 fully saturated rings. The summed E-state index contributed by atoms with van der Waals surface area (Å²) < 4.78 is 16.6. The first-order valence-corrected chi connectivity index (χ1v) is 10.7. The van der Waals surface area contributed by atoms with Gasteiger partial charge in [-0.1, -0.05) is 47.5 Å². The van der Waals surface area contributed by atoms with Crippen molar-refractivity contribution in [2.75, 3.05) is 19.8 Å². The van der Waals surface area contributed by atoms with E-state index in [1.807, 2.05) is 20.8 Å². The minimum Gasteiger partial charge on any atom is -0.502 e. The van der Waals surface area contributed by atoms with Gasteiger partial charge in [0.15, 0.2) is 5.78 Å². The summed E-state index contributed by atoms with van der Waals surface area (Å²) in [5.74, 6) is -1.15. The van der Waals surface area contributed by atoms with Gasteiger partial charge in [-0.2, -0.15) is 0 Å². The molecule has 0 saturated heterocycles. The first-order valence-electron chi connectivity index (χ1n) is 10.7. The lowest BCUT2D eigenvalue weighted by molar-refractivity contribution is -0.141. The molecule has 0 heterocycles. The van der Waals surface area contributed by atoms with Crippen molar-refractivity contribution in [3.05, 3.63) is 35.1 Å². The zero-order valence-corrected chi connectivity index (χ0v) is 19.2. The van der Waals surface area contributed by atoms with Crippen molar-refractivity contribution < 1.29 is 28.9 Å². The molecule has 1 rings (SSSR count). The van der Waals surface area contributed by atoms with Gasteiger partial charge in [0.2, 0.25) is 5.76 Å². The topological polar surface area (TPSA) is 82.1 Å². The summed E-state index contributed by atoms with van der Waals surface area (Å²) in [6.45, 7) is 13.0. The lowest BCUT2D eigenvalue weighted by atomic mass is 9.84. The molecule has 1 aromatic carbocycles. The number of ketones is 1. The molecule has 0 radical (unpaired) electrons. The molecule has 6 nitrogen and oxygen atoms in total. The number of carbonyl (C=O) groups excluding carboxylic acids is 2. The lowest BCUT2D eigenvalue weighted by Crippen LogP contribution is -2.17. The Morgan fingerprint density at radius 3 is 2.03 bits per heavy atom. The Morgan fingerprint density at radius 2 is 1.53 bits per heavy atom. The van der Waals surface area contributed by atoms with Crippen LogP contribution in [0.25, 0.3) is 0 Å². The van der Waals surface area contributed by atoms with Gasteiger partial charge in [-0.25, -0.2) is 4.79 Å². The maximum absolute atomic E-state index is 12.9. The molecule has 168 valence electrons. The van der Waals surface area contributed by atoms with Crippen molar-refractivity contribution in [1.29, 1.82) is 0 Å². The first-order chi connectivity index (χ1) is 14.1. The number of unbranched alkanes of at least 4 members (excludes halogenated alkanes) is 2. The molecule has 0 bridgehead atoms. The number of ether oxygens (including phenoxy) is 3. The predicted molar refractivity (Wildman–Crippen MR) is 118 cm³/mol. The van der Waals surface area contributed by atoms with E-state index in [1.54, 1.807) is 19.1 Å². The van der Waals surface area contributed by atoms with Gasteiger partial charge in [-0.15, -0.1) is 0 Å². The van der Waals surface area contributed by atoms with E-state index in [4.69, 9.17) is 14.2 Å². The molecule has 0 atom stereocenters. The Hall–Kier alpha value is -2.50. The van der Waals surface area contributed by atoms with Crippen LogP contribution in [0.2, 0.25) is 0 Å². The summed E-state index contributed by atoms with van der Waals surface area (Å²) in [6, 6.07) is 3.48. The third-order valence-electron chi connectivity index (χ3n) is 4.42. The summed E-state index contributed by atoms with van der Waals surface area (Å²) in [4.78, 5) is 24.6. The van der Waals surface area contributed by atoms with E-state index in [2.05, 4.69) is 13.8 Å². The van der Waals surface area contributed by atoms with E-state index in [0.29, 0.717) is 24.7 Å². The molecule has 1 aromatic rings. The maximum atomic E-state index is 12.9. The molecule has 0 aromatic heterocycles. The van der Waals surface area contributed by atoms with E-state index >= 15 is 0 Å². The first kappa shape index (κ1) is 25.5. The van der Waals surface area contributed by atoms with Gasteiger partial charge in [-0.3, -0.25) is 4.79 Å². The Morgan fingerprint density at radius 1 is 0.967 bits per heavy atom. The largest absolute Gasteiger partial charge is 0.502 e. The Bertz CT molecular complexity index is 743. The second-order valence-electron chi connectivity index (χ2n) is 8.11. The number of aliphatic hydroxyl groups is 1. The molecule has 30 heavy (non-hydrogen) atoms. The zero-order valence-electron chi connectivity index (χ0n) is 19.2. The van der Waals surface area contributed by atoms with E-state index in [9.17, 15) is 14.7 Å². The van der Waals surface area contributed by atoms with Crippen LogP contribution in [0.15, 0.2) is 24.0 Å². The van der Waals surface area contributed by atoms with Crippen LogP contribution in [0.5, 0.6) is 11.5 Å². The highest BCUT2D eigenvalue weighted by Gasteiger charge is 2.25. The van der Waals surface area contributed by atoms with E-state index in [1.165, 1.54) is 0 Å². The van der Waals surface area contributed by atoms with Crippen LogP contribution >= 0.6 is 0 Å². The molecular weight excluding hydrogens is 384 g/mol. The van der Waals surface area contributed by atoms with Crippen LogP contribution in [0.3, 0.4) is 0 Å². The van der Waals surface area contributed by atoms with Gasteiger partial charge in [0.25, 0.3) is 0 Å². The third kappa shape index (κ3) is 7.73. The molecule has 0 aliphatic carbocycles. The molecule has 0 saturated carbocycles. The van der Waals surface area contributed by atoms with E-state index < -0.39 is 17.5 Å². The van der Waals surface area contributed by atoms with Crippen LogP contribution < -0.4 is 9.47 Å². The quantitative estimate of drug-likeness (QED) is 0.157. The Kier molecular flexibility index (Phi) is 10.4. The number of rotatable bonds is 12. The fourth-order valence-electron chi connectivity index (χ4n) is 2.70. The van der Waals surface area contributed by atoms with Crippen LogP contribution in [0.4, 0.5) is 0 Å².